The second-order valence-corrected chi connectivity index (χ2v) is 5.35. The summed E-state index contributed by atoms with van der Waals surface area (Å²) in [5.74, 6) is -0.259. The van der Waals surface area contributed by atoms with E-state index in [1.54, 1.807) is 4.90 Å². The van der Waals surface area contributed by atoms with Crippen LogP contribution in [0.4, 0.5) is 0 Å². The fraction of sp³-hybridized carbons (Fsp3) is 0.500. The summed E-state index contributed by atoms with van der Waals surface area (Å²) in [6.07, 6.45) is 5.11. The molecule has 2 N–H and O–H groups in total. The van der Waals surface area contributed by atoms with E-state index in [9.17, 15) is 9.59 Å². The minimum atomic E-state index is -0.378. The summed E-state index contributed by atoms with van der Waals surface area (Å²) in [7, 11) is 0. The predicted octanol–water partition coefficient (Wildman–Crippen LogP) is 0.770. The van der Waals surface area contributed by atoms with E-state index in [0.29, 0.717) is 30.3 Å². The van der Waals surface area contributed by atoms with Crippen LogP contribution < -0.4 is 5.32 Å². The van der Waals surface area contributed by atoms with Crippen molar-refractivity contribution in [1.82, 2.24) is 15.2 Å². The third-order valence-corrected chi connectivity index (χ3v) is 3.78. The lowest BCUT2D eigenvalue weighted by Gasteiger charge is -2.23. The van der Waals surface area contributed by atoms with Crippen molar-refractivity contribution in [2.24, 2.45) is 0 Å². The fourth-order valence-corrected chi connectivity index (χ4v) is 2.54. The highest BCUT2D eigenvalue weighted by molar-refractivity contribution is 5.97. The van der Waals surface area contributed by atoms with Gasteiger partial charge in [-0.15, -0.1) is 0 Å². The van der Waals surface area contributed by atoms with Gasteiger partial charge in [-0.05, 0) is 31.7 Å². The molecule has 1 aromatic rings. The Balaban J connectivity index is 1.72. The number of nitriles is 1. The molecule has 3 rings (SSSR count). The zero-order valence-electron chi connectivity index (χ0n) is 11.1. The van der Waals surface area contributed by atoms with Crippen molar-refractivity contribution in [3.05, 3.63) is 23.5 Å². The summed E-state index contributed by atoms with van der Waals surface area (Å²) < 4.78 is 0. The number of hydrogen-bond donors (Lipinski definition) is 2. The molecule has 0 bridgehead atoms. The molecule has 0 unspecified atom stereocenters. The predicted molar refractivity (Wildman–Crippen MR) is 70.7 cm³/mol. The van der Waals surface area contributed by atoms with E-state index in [2.05, 4.69) is 10.3 Å². The molecular weight excluding hydrogens is 256 g/mol. The lowest BCUT2D eigenvalue weighted by Crippen LogP contribution is -2.46. The van der Waals surface area contributed by atoms with E-state index in [0.717, 1.165) is 19.3 Å². The van der Waals surface area contributed by atoms with E-state index in [4.69, 9.17) is 5.26 Å². The van der Waals surface area contributed by atoms with Crippen LogP contribution in [-0.4, -0.2) is 40.3 Å². The summed E-state index contributed by atoms with van der Waals surface area (Å²) >= 11 is 0. The molecule has 104 valence electrons. The minimum absolute atomic E-state index is 0.0505. The SMILES string of the molecule is N#Cc1c[nH]c(C(=O)N2CCC[C@H]2C(=O)NC2CC2)c1. The number of nitrogens with one attached hydrogen (secondary N) is 2. The van der Waals surface area contributed by atoms with Gasteiger partial charge in [0, 0.05) is 18.8 Å². The average Bonchev–Trinajstić information content (AvgIpc) is 2.99. The van der Waals surface area contributed by atoms with Crippen molar-refractivity contribution in [3.8, 4) is 6.07 Å². The maximum absolute atomic E-state index is 12.4. The summed E-state index contributed by atoms with van der Waals surface area (Å²) in [5.41, 5.74) is 0.791. The summed E-state index contributed by atoms with van der Waals surface area (Å²) in [5, 5.41) is 11.7. The number of nitrogens with zero attached hydrogens (tertiary/aromatic N) is 2. The molecule has 1 atom stereocenters. The van der Waals surface area contributed by atoms with Crippen LogP contribution in [0.1, 0.15) is 41.7 Å². The highest BCUT2D eigenvalue weighted by atomic mass is 16.2. The number of H-pyrrole nitrogens is 1. The Kier molecular flexibility index (Phi) is 3.18. The van der Waals surface area contributed by atoms with Gasteiger partial charge in [-0.3, -0.25) is 9.59 Å². The van der Waals surface area contributed by atoms with Gasteiger partial charge in [0.2, 0.25) is 5.91 Å². The Morgan fingerprint density at radius 2 is 2.20 bits per heavy atom. The molecule has 1 aliphatic carbocycles. The van der Waals surface area contributed by atoms with Gasteiger partial charge >= 0.3 is 0 Å². The maximum Gasteiger partial charge on any atom is 0.270 e. The van der Waals surface area contributed by atoms with Crippen molar-refractivity contribution < 1.29 is 9.59 Å². The number of amides is 2. The van der Waals surface area contributed by atoms with Gasteiger partial charge in [0.05, 0.1) is 5.56 Å². The molecule has 2 aliphatic rings. The lowest BCUT2D eigenvalue weighted by molar-refractivity contribution is -0.125. The van der Waals surface area contributed by atoms with Crippen LogP contribution in [0, 0.1) is 11.3 Å². The van der Waals surface area contributed by atoms with Gasteiger partial charge in [-0.1, -0.05) is 0 Å². The van der Waals surface area contributed by atoms with Crippen LogP contribution >= 0.6 is 0 Å². The first-order valence-corrected chi connectivity index (χ1v) is 6.89. The van der Waals surface area contributed by atoms with E-state index < -0.39 is 0 Å². The number of aromatic amines is 1. The number of rotatable bonds is 3. The first-order chi connectivity index (χ1) is 9.69. The minimum Gasteiger partial charge on any atom is -0.356 e. The van der Waals surface area contributed by atoms with Gasteiger partial charge < -0.3 is 15.2 Å². The van der Waals surface area contributed by atoms with Crippen molar-refractivity contribution in [2.75, 3.05) is 6.54 Å². The molecule has 1 saturated heterocycles. The van der Waals surface area contributed by atoms with Crippen LogP contribution in [0.15, 0.2) is 12.3 Å². The first-order valence-electron chi connectivity index (χ1n) is 6.89. The van der Waals surface area contributed by atoms with Gasteiger partial charge in [-0.25, -0.2) is 0 Å². The zero-order chi connectivity index (χ0) is 14.1. The monoisotopic (exact) mass is 272 g/mol. The Bertz CT molecular complexity index is 582. The second kappa shape index (κ2) is 5.00. The van der Waals surface area contributed by atoms with Gasteiger partial charge in [-0.2, -0.15) is 5.26 Å². The Labute approximate surface area is 116 Å². The summed E-state index contributed by atoms with van der Waals surface area (Å²) in [6.45, 7) is 0.586. The number of carbonyl (C=O) groups is 2. The molecule has 0 spiro atoms. The largest absolute Gasteiger partial charge is 0.356 e. The van der Waals surface area contributed by atoms with E-state index in [1.165, 1.54) is 12.3 Å². The van der Waals surface area contributed by atoms with Gasteiger partial charge in [0.15, 0.2) is 0 Å². The summed E-state index contributed by atoms with van der Waals surface area (Å²) in [4.78, 5) is 28.9. The fourth-order valence-electron chi connectivity index (χ4n) is 2.54. The lowest BCUT2D eigenvalue weighted by atomic mass is 10.2. The van der Waals surface area contributed by atoms with Crippen molar-refractivity contribution in [2.45, 2.75) is 37.8 Å². The highest BCUT2D eigenvalue weighted by Gasteiger charge is 2.37. The quantitative estimate of drug-likeness (QED) is 0.851. The number of aromatic nitrogens is 1. The maximum atomic E-state index is 12.4. The molecule has 0 radical (unpaired) electrons. The van der Waals surface area contributed by atoms with Crippen molar-refractivity contribution >= 4 is 11.8 Å². The molecule has 1 aliphatic heterocycles. The Morgan fingerprint density at radius 1 is 1.40 bits per heavy atom. The third-order valence-electron chi connectivity index (χ3n) is 3.78. The van der Waals surface area contributed by atoms with E-state index >= 15 is 0 Å². The van der Waals surface area contributed by atoms with Crippen LogP contribution in [0.3, 0.4) is 0 Å². The number of likely N-dealkylation sites (tertiary alicyclic amines) is 1. The first kappa shape index (κ1) is 12.7. The summed E-state index contributed by atoms with van der Waals surface area (Å²) in [6, 6.07) is 3.43. The van der Waals surface area contributed by atoms with Gasteiger partial charge in [0.1, 0.15) is 17.8 Å². The topological polar surface area (TPSA) is 89.0 Å². The average molecular weight is 272 g/mol. The van der Waals surface area contributed by atoms with Gasteiger partial charge in [0.25, 0.3) is 5.91 Å². The Hall–Kier alpha value is -2.29. The van der Waals surface area contributed by atoms with Crippen LogP contribution in [0.25, 0.3) is 0 Å². The van der Waals surface area contributed by atoms with E-state index in [1.807, 2.05) is 6.07 Å². The molecular formula is C14H16N4O2. The molecule has 1 aromatic heterocycles. The standard InChI is InChI=1S/C14H16N4O2/c15-7-9-6-11(16-8-9)14(20)18-5-1-2-12(18)13(19)17-10-3-4-10/h6,8,10,12,16H,1-5H2,(H,17,19)/t12-/m0/s1. The molecule has 20 heavy (non-hydrogen) atoms. The molecule has 6 heteroatoms. The zero-order valence-corrected chi connectivity index (χ0v) is 11.1. The Morgan fingerprint density at radius 3 is 2.85 bits per heavy atom. The molecule has 6 nitrogen and oxygen atoms in total. The van der Waals surface area contributed by atoms with Crippen molar-refractivity contribution in [3.63, 3.8) is 0 Å². The van der Waals surface area contributed by atoms with Crippen LogP contribution in [-0.2, 0) is 4.79 Å². The van der Waals surface area contributed by atoms with Crippen LogP contribution in [0.5, 0.6) is 0 Å². The number of carbonyl (C=O) groups excluding carboxylic acids is 2. The van der Waals surface area contributed by atoms with E-state index in [-0.39, 0.29) is 17.9 Å². The number of hydrogen-bond acceptors (Lipinski definition) is 3. The molecule has 2 fully saturated rings. The molecule has 2 amide bonds. The second-order valence-electron chi connectivity index (χ2n) is 5.35. The third kappa shape index (κ3) is 2.39. The highest BCUT2D eigenvalue weighted by Crippen LogP contribution is 2.23. The van der Waals surface area contributed by atoms with Crippen molar-refractivity contribution in [1.29, 1.82) is 5.26 Å². The molecule has 1 saturated carbocycles. The van der Waals surface area contributed by atoms with Crippen LogP contribution in [0.2, 0.25) is 0 Å². The normalized spacial score (nSPS) is 21.6. The molecule has 2 heterocycles. The smallest absolute Gasteiger partial charge is 0.270 e. The molecule has 0 aromatic carbocycles.